The first-order valence-corrected chi connectivity index (χ1v) is 11.0. The van der Waals surface area contributed by atoms with Crippen LogP contribution in [0.1, 0.15) is 64.8 Å². The molecular formula is C22H27ClN2O3S. The van der Waals surface area contributed by atoms with E-state index in [9.17, 15) is 9.59 Å². The molecule has 2 amide bonds. The molecule has 0 bridgehead atoms. The van der Waals surface area contributed by atoms with Crippen LogP contribution in [0.15, 0.2) is 18.2 Å². The van der Waals surface area contributed by atoms with E-state index in [1.165, 1.54) is 18.4 Å². The van der Waals surface area contributed by atoms with Gasteiger partial charge in [-0.05, 0) is 54.4 Å². The fourth-order valence-corrected chi connectivity index (χ4v) is 5.42. The standard InChI is InChI=1S/C22H27ClN2O3S/c1-5-22(2,3)12-6-8-14-17(10-12)29-21(18(14)19(24)26)25-20(27)15-11-13(23)7-9-16(15)28-4/h7,9,11-12H,5-6,8,10H2,1-4H3,(H2,24,26)(H,25,27)/t12-/m0/s1. The van der Waals surface area contributed by atoms with Crippen molar-refractivity contribution in [3.05, 3.63) is 44.8 Å². The zero-order valence-corrected chi connectivity index (χ0v) is 18.8. The molecule has 1 atom stereocenters. The van der Waals surface area contributed by atoms with E-state index in [2.05, 4.69) is 26.1 Å². The minimum Gasteiger partial charge on any atom is -0.496 e. The third-order valence-electron chi connectivity index (χ3n) is 6.16. The Balaban J connectivity index is 1.94. The number of nitrogens with two attached hydrogens (primary N) is 1. The van der Waals surface area contributed by atoms with E-state index in [1.807, 2.05) is 0 Å². The Hall–Kier alpha value is -2.05. The second-order valence-corrected chi connectivity index (χ2v) is 9.69. The van der Waals surface area contributed by atoms with Gasteiger partial charge in [0.1, 0.15) is 10.8 Å². The second-order valence-electron chi connectivity index (χ2n) is 8.15. The maximum Gasteiger partial charge on any atom is 0.260 e. The number of benzene rings is 1. The number of primary amides is 1. The van der Waals surface area contributed by atoms with Gasteiger partial charge in [-0.15, -0.1) is 11.3 Å². The third-order valence-corrected chi connectivity index (χ3v) is 7.57. The number of fused-ring (bicyclic) bond motifs is 1. The summed E-state index contributed by atoms with van der Waals surface area (Å²) in [5.41, 5.74) is 7.66. The van der Waals surface area contributed by atoms with E-state index in [1.54, 1.807) is 18.2 Å². The van der Waals surface area contributed by atoms with Gasteiger partial charge in [-0.3, -0.25) is 9.59 Å². The van der Waals surface area contributed by atoms with E-state index in [-0.39, 0.29) is 11.3 Å². The van der Waals surface area contributed by atoms with Crippen molar-refractivity contribution in [3.8, 4) is 5.75 Å². The molecule has 1 aromatic carbocycles. The predicted octanol–water partition coefficient (Wildman–Crippen LogP) is 5.30. The van der Waals surface area contributed by atoms with E-state index >= 15 is 0 Å². The van der Waals surface area contributed by atoms with Crippen LogP contribution in [0.25, 0.3) is 0 Å². The number of halogens is 1. The molecule has 0 spiro atoms. The highest BCUT2D eigenvalue weighted by atomic mass is 35.5. The molecule has 2 aromatic rings. The highest BCUT2D eigenvalue weighted by Gasteiger charge is 2.35. The Morgan fingerprint density at radius 1 is 1.38 bits per heavy atom. The number of hydrogen-bond donors (Lipinski definition) is 2. The average Bonchev–Trinajstić information content (AvgIpc) is 3.04. The quantitative estimate of drug-likeness (QED) is 0.646. The van der Waals surface area contributed by atoms with Gasteiger partial charge in [-0.1, -0.05) is 38.8 Å². The summed E-state index contributed by atoms with van der Waals surface area (Å²) in [7, 11) is 1.49. The van der Waals surface area contributed by atoms with Gasteiger partial charge in [0, 0.05) is 9.90 Å². The summed E-state index contributed by atoms with van der Waals surface area (Å²) in [6, 6.07) is 4.85. The molecule has 1 aliphatic rings. The SMILES string of the molecule is CCC(C)(C)[C@H]1CCc2c(sc(NC(=O)c3cc(Cl)ccc3OC)c2C(N)=O)C1. The number of ether oxygens (including phenoxy) is 1. The monoisotopic (exact) mass is 434 g/mol. The van der Waals surface area contributed by atoms with Crippen LogP contribution in [0.3, 0.4) is 0 Å². The largest absolute Gasteiger partial charge is 0.496 e. The van der Waals surface area contributed by atoms with Crippen LogP contribution in [0, 0.1) is 11.3 Å². The molecule has 29 heavy (non-hydrogen) atoms. The van der Waals surface area contributed by atoms with Gasteiger partial charge in [0.15, 0.2) is 0 Å². The fraction of sp³-hybridized carbons (Fsp3) is 0.455. The molecular weight excluding hydrogens is 408 g/mol. The Morgan fingerprint density at radius 2 is 2.10 bits per heavy atom. The summed E-state index contributed by atoms with van der Waals surface area (Å²) < 4.78 is 5.27. The van der Waals surface area contributed by atoms with Crippen molar-refractivity contribution in [2.75, 3.05) is 12.4 Å². The smallest absolute Gasteiger partial charge is 0.260 e. The van der Waals surface area contributed by atoms with Crippen molar-refractivity contribution < 1.29 is 14.3 Å². The second kappa shape index (κ2) is 8.36. The van der Waals surface area contributed by atoms with Crippen molar-refractivity contribution in [1.82, 2.24) is 0 Å². The highest BCUT2D eigenvalue weighted by molar-refractivity contribution is 7.17. The number of anilines is 1. The number of carbonyl (C=O) groups is 2. The molecule has 1 aromatic heterocycles. The number of rotatable bonds is 6. The minimum atomic E-state index is -0.510. The van der Waals surface area contributed by atoms with Crippen molar-refractivity contribution >= 4 is 39.8 Å². The molecule has 1 heterocycles. The highest BCUT2D eigenvalue weighted by Crippen LogP contribution is 2.45. The normalized spacial score (nSPS) is 16.2. The van der Waals surface area contributed by atoms with Gasteiger partial charge in [-0.2, -0.15) is 0 Å². The lowest BCUT2D eigenvalue weighted by molar-refractivity contribution is 0.0999. The maximum atomic E-state index is 12.9. The van der Waals surface area contributed by atoms with E-state index in [0.29, 0.717) is 32.8 Å². The first-order chi connectivity index (χ1) is 13.7. The molecule has 0 saturated heterocycles. The zero-order chi connectivity index (χ0) is 21.3. The van der Waals surface area contributed by atoms with Gasteiger partial charge in [0.05, 0.1) is 18.2 Å². The molecule has 156 valence electrons. The van der Waals surface area contributed by atoms with E-state index in [0.717, 1.165) is 36.1 Å². The maximum absolute atomic E-state index is 12.9. The Labute approximate surface area is 180 Å². The fourth-order valence-electron chi connectivity index (χ4n) is 3.92. The molecule has 3 N–H and O–H groups in total. The van der Waals surface area contributed by atoms with Crippen LogP contribution >= 0.6 is 22.9 Å². The first-order valence-electron chi connectivity index (χ1n) is 9.77. The van der Waals surface area contributed by atoms with Crippen LogP contribution in [-0.2, 0) is 12.8 Å². The van der Waals surface area contributed by atoms with Gasteiger partial charge in [0.25, 0.3) is 11.8 Å². The molecule has 0 fully saturated rings. The van der Waals surface area contributed by atoms with E-state index < -0.39 is 5.91 Å². The number of hydrogen-bond acceptors (Lipinski definition) is 4. The van der Waals surface area contributed by atoms with Crippen LogP contribution in [0.5, 0.6) is 5.75 Å². The van der Waals surface area contributed by atoms with Crippen LogP contribution in [0.4, 0.5) is 5.00 Å². The van der Waals surface area contributed by atoms with Crippen molar-refractivity contribution in [2.24, 2.45) is 17.1 Å². The molecule has 0 saturated carbocycles. The van der Waals surface area contributed by atoms with Crippen molar-refractivity contribution in [1.29, 1.82) is 0 Å². The van der Waals surface area contributed by atoms with Crippen molar-refractivity contribution in [2.45, 2.75) is 46.5 Å². The lowest BCUT2D eigenvalue weighted by atomic mass is 9.69. The van der Waals surface area contributed by atoms with Gasteiger partial charge in [-0.25, -0.2) is 0 Å². The minimum absolute atomic E-state index is 0.228. The number of thiophene rings is 1. The molecule has 0 radical (unpaired) electrons. The molecule has 7 heteroatoms. The summed E-state index contributed by atoms with van der Waals surface area (Å²) in [5.74, 6) is 0.0644. The average molecular weight is 435 g/mol. The lowest BCUT2D eigenvalue weighted by Gasteiger charge is -2.36. The first kappa shape index (κ1) is 21.7. The van der Waals surface area contributed by atoms with Gasteiger partial charge < -0.3 is 15.8 Å². The summed E-state index contributed by atoms with van der Waals surface area (Å²) in [6.45, 7) is 6.79. The topological polar surface area (TPSA) is 81.4 Å². The Kier molecular flexibility index (Phi) is 6.24. The summed E-state index contributed by atoms with van der Waals surface area (Å²) >= 11 is 7.51. The summed E-state index contributed by atoms with van der Waals surface area (Å²) in [6.07, 6.45) is 3.81. The molecule has 0 unspecified atom stereocenters. The Morgan fingerprint density at radius 3 is 2.72 bits per heavy atom. The summed E-state index contributed by atoms with van der Waals surface area (Å²) in [5, 5.41) is 3.81. The number of nitrogens with one attached hydrogen (secondary N) is 1. The number of amides is 2. The van der Waals surface area contributed by atoms with Crippen molar-refractivity contribution in [3.63, 3.8) is 0 Å². The van der Waals surface area contributed by atoms with Crippen LogP contribution in [-0.4, -0.2) is 18.9 Å². The van der Waals surface area contributed by atoms with E-state index in [4.69, 9.17) is 22.1 Å². The van der Waals surface area contributed by atoms with Crippen LogP contribution < -0.4 is 15.8 Å². The summed E-state index contributed by atoms with van der Waals surface area (Å²) in [4.78, 5) is 26.3. The zero-order valence-electron chi connectivity index (χ0n) is 17.2. The molecule has 1 aliphatic carbocycles. The lowest BCUT2D eigenvalue weighted by Crippen LogP contribution is -2.29. The Bertz CT molecular complexity index is 952. The number of methoxy groups -OCH3 is 1. The van der Waals surface area contributed by atoms with Gasteiger partial charge >= 0.3 is 0 Å². The molecule has 3 rings (SSSR count). The predicted molar refractivity (Wildman–Crippen MR) is 118 cm³/mol. The molecule has 0 aliphatic heterocycles. The molecule has 5 nitrogen and oxygen atoms in total. The van der Waals surface area contributed by atoms with Crippen LogP contribution in [0.2, 0.25) is 5.02 Å². The third kappa shape index (κ3) is 4.28. The number of carbonyl (C=O) groups excluding carboxylic acids is 2. The van der Waals surface area contributed by atoms with Gasteiger partial charge in [0.2, 0.25) is 0 Å².